The number of amides is 2. The van der Waals surface area contributed by atoms with Crippen molar-refractivity contribution in [3.8, 4) is 11.1 Å². The molecule has 0 aliphatic rings. The van der Waals surface area contributed by atoms with Crippen LogP contribution >= 0.6 is 11.3 Å². The Labute approximate surface area is 193 Å². The number of halogens is 4. The lowest BCUT2D eigenvalue weighted by Gasteiger charge is -2.11. The maximum atomic E-state index is 13.6. The van der Waals surface area contributed by atoms with Gasteiger partial charge >= 0.3 is 6.55 Å². The Morgan fingerprint density at radius 1 is 1.24 bits per heavy atom. The van der Waals surface area contributed by atoms with Crippen molar-refractivity contribution in [2.45, 2.75) is 33.4 Å². The monoisotopic (exact) mass is 495 g/mol. The fourth-order valence-electron chi connectivity index (χ4n) is 3.51. The minimum absolute atomic E-state index is 0.0166. The molecule has 0 bridgehead atoms. The molecule has 0 spiro atoms. The van der Waals surface area contributed by atoms with Gasteiger partial charge in [0.15, 0.2) is 0 Å². The normalized spacial score (nSPS) is 11.6. The van der Waals surface area contributed by atoms with E-state index in [1.165, 1.54) is 0 Å². The highest BCUT2D eigenvalue weighted by Gasteiger charge is 2.27. The lowest BCUT2D eigenvalue weighted by atomic mass is 10.0. The van der Waals surface area contributed by atoms with E-state index in [9.17, 15) is 27.2 Å². The van der Waals surface area contributed by atoms with E-state index < -0.39 is 36.2 Å². The van der Waals surface area contributed by atoms with Crippen LogP contribution in [0, 0.1) is 6.92 Å². The van der Waals surface area contributed by atoms with Crippen LogP contribution in [0.15, 0.2) is 24.5 Å². The number of aryl methyl sites for hydroxylation is 2. The number of anilines is 1. The Kier molecular flexibility index (Phi) is 6.08. The number of nitrogens with zero attached hydrogens (tertiary/aromatic N) is 5. The van der Waals surface area contributed by atoms with Gasteiger partial charge < -0.3 is 11.1 Å². The van der Waals surface area contributed by atoms with E-state index in [4.69, 9.17) is 5.73 Å². The molecule has 0 aromatic carbocycles. The van der Waals surface area contributed by atoms with Gasteiger partial charge in [-0.2, -0.15) is 23.7 Å². The van der Waals surface area contributed by atoms with Crippen molar-refractivity contribution in [2.24, 2.45) is 5.73 Å². The predicted molar refractivity (Wildman–Crippen MR) is 116 cm³/mol. The first-order chi connectivity index (χ1) is 16.1. The summed E-state index contributed by atoms with van der Waals surface area (Å²) in [6.45, 7) is 0.945. The molecule has 4 heterocycles. The number of carbonyl (C=O) groups excluding carboxylic acids is 2. The third kappa shape index (κ3) is 4.00. The number of aromatic nitrogens is 5. The van der Waals surface area contributed by atoms with Gasteiger partial charge in [-0.3, -0.25) is 14.3 Å². The molecule has 2 amide bonds. The number of hydrogen-bond donors (Lipinski definition) is 2. The summed E-state index contributed by atoms with van der Waals surface area (Å²) < 4.78 is 55.5. The maximum Gasteiger partial charge on any atom is 0.333 e. The predicted octanol–water partition coefficient (Wildman–Crippen LogP) is 4.37. The number of thiophene rings is 1. The molecular weight excluding hydrogens is 478 g/mol. The van der Waals surface area contributed by atoms with Crippen LogP contribution in [0.25, 0.3) is 21.3 Å². The van der Waals surface area contributed by atoms with E-state index in [1.54, 1.807) is 17.8 Å². The van der Waals surface area contributed by atoms with Crippen molar-refractivity contribution in [1.29, 1.82) is 0 Å². The van der Waals surface area contributed by atoms with Crippen molar-refractivity contribution < 1.29 is 27.2 Å². The molecule has 0 fully saturated rings. The number of primary amides is 1. The molecule has 14 heteroatoms. The van der Waals surface area contributed by atoms with Gasteiger partial charge in [0.2, 0.25) is 0 Å². The number of nitrogens with two attached hydrogens (primary N) is 1. The van der Waals surface area contributed by atoms with Crippen LogP contribution in [0.1, 0.15) is 51.4 Å². The zero-order valence-corrected chi connectivity index (χ0v) is 18.5. The molecule has 178 valence electrons. The molecule has 0 aliphatic carbocycles. The fourth-order valence-corrected chi connectivity index (χ4v) is 4.52. The minimum atomic E-state index is -3.08. The second-order valence-corrected chi connectivity index (χ2v) is 8.12. The summed E-state index contributed by atoms with van der Waals surface area (Å²) in [7, 11) is 0. The van der Waals surface area contributed by atoms with Crippen molar-refractivity contribution in [3.63, 3.8) is 0 Å². The topological polar surface area (TPSA) is 121 Å². The van der Waals surface area contributed by atoms with Crippen molar-refractivity contribution in [1.82, 2.24) is 24.5 Å². The van der Waals surface area contributed by atoms with Crippen LogP contribution in [0.2, 0.25) is 0 Å². The Morgan fingerprint density at radius 3 is 2.56 bits per heavy atom. The first kappa shape index (κ1) is 23.4. The van der Waals surface area contributed by atoms with Gasteiger partial charge in [0.05, 0.1) is 11.4 Å². The molecule has 0 saturated heterocycles. The molecule has 4 rings (SSSR count). The third-order valence-corrected chi connectivity index (χ3v) is 6.11. The van der Waals surface area contributed by atoms with Crippen molar-refractivity contribution in [3.05, 3.63) is 46.5 Å². The second kappa shape index (κ2) is 8.85. The van der Waals surface area contributed by atoms with Gasteiger partial charge in [-0.25, -0.2) is 13.8 Å². The quantitative estimate of drug-likeness (QED) is 0.369. The highest BCUT2D eigenvalue weighted by molar-refractivity contribution is 7.21. The highest BCUT2D eigenvalue weighted by Crippen LogP contribution is 2.43. The van der Waals surface area contributed by atoms with E-state index >= 15 is 0 Å². The summed E-state index contributed by atoms with van der Waals surface area (Å²) in [6.07, 6.45) is -0.257. The van der Waals surface area contributed by atoms with Crippen LogP contribution < -0.4 is 11.1 Å². The molecule has 0 unspecified atom stereocenters. The van der Waals surface area contributed by atoms with Crippen LogP contribution in [0.4, 0.5) is 23.2 Å². The number of fused-ring (bicyclic) bond motifs is 1. The molecule has 0 radical (unpaired) electrons. The van der Waals surface area contributed by atoms with Crippen molar-refractivity contribution >= 4 is 39.1 Å². The minimum Gasteiger partial charge on any atom is -0.365 e. The SMILES string of the molecule is CCn1cc(-c2cc(C(F)F)nc3sc(C(N)=O)c(NC(=O)c4ccnn4C(F)F)c23)c(C)n1. The van der Waals surface area contributed by atoms with Crippen LogP contribution in [0.3, 0.4) is 0 Å². The van der Waals surface area contributed by atoms with Crippen molar-refractivity contribution in [2.75, 3.05) is 5.32 Å². The molecular formula is C20H17F4N7O2S. The van der Waals surface area contributed by atoms with E-state index in [0.717, 1.165) is 18.3 Å². The molecule has 4 aromatic rings. The second-order valence-electron chi connectivity index (χ2n) is 7.12. The molecule has 0 saturated carbocycles. The lowest BCUT2D eigenvalue weighted by Crippen LogP contribution is -2.20. The van der Waals surface area contributed by atoms with Crippen LogP contribution in [-0.4, -0.2) is 36.4 Å². The van der Waals surface area contributed by atoms with E-state index in [2.05, 4.69) is 20.5 Å². The van der Waals surface area contributed by atoms with Gasteiger partial charge in [-0.15, -0.1) is 11.3 Å². The average Bonchev–Trinajstić information content (AvgIpc) is 3.49. The van der Waals surface area contributed by atoms with E-state index in [-0.39, 0.29) is 31.0 Å². The van der Waals surface area contributed by atoms with Gasteiger partial charge in [0, 0.05) is 29.9 Å². The van der Waals surface area contributed by atoms with Gasteiger partial charge in [-0.1, -0.05) is 0 Å². The molecule has 0 aliphatic heterocycles. The zero-order valence-electron chi connectivity index (χ0n) is 17.7. The summed E-state index contributed by atoms with van der Waals surface area (Å²) in [4.78, 5) is 28.8. The molecule has 3 N–H and O–H groups in total. The van der Waals surface area contributed by atoms with Crippen LogP contribution in [0.5, 0.6) is 0 Å². The maximum absolute atomic E-state index is 13.6. The molecule has 9 nitrogen and oxygen atoms in total. The molecule has 4 aromatic heterocycles. The first-order valence-corrected chi connectivity index (χ1v) is 10.7. The van der Waals surface area contributed by atoms with Gasteiger partial charge in [0.1, 0.15) is 21.1 Å². The summed E-state index contributed by atoms with van der Waals surface area (Å²) >= 11 is 0.709. The van der Waals surface area contributed by atoms with Crippen LogP contribution in [-0.2, 0) is 6.54 Å². The number of rotatable bonds is 7. The largest absolute Gasteiger partial charge is 0.365 e. The number of carbonyl (C=O) groups is 2. The Morgan fingerprint density at radius 2 is 1.97 bits per heavy atom. The van der Waals surface area contributed by atoms with E-state index in [0.29, 0.717) is 29.1 Å². The zero-order chi connectivity index (χ0) is 24.7. The average molecular weight is 495 g/mol. The van der Waals surface area contributed by atoms with E-state index in [1.807, 2.05) is 6.92 Å². The first-order valence-electron chi connectivity index (χ1n) is 9.85. The molecule has 34 heavy (non-hydrogen) atoms. The fraction of sp³-hybridized carbons (Fsp3) is 0.250. The third-order valence-electron chi connectivity index (χ3n) is 5.02. The number of alkyl halides is 4. The lowest BCUT2D eigenvalue weighted by molar-refractivity contribution is 0.0520. The number of nitrogens with one attached hydrogen (secondary N) is 1. The Hall–Kier alpha value is -3.81. The number of pyridine rings is 1. The Balaban J connectivity index is 1.97. The summed E-state index contributed by atoms with van der Waals surface area (Å²) in [5.74, 6) is -1.95. The standard InChI is InChI=1S/C20H17F4N7O2S/c1-3-30-7-10(8(2)29-30)9-6-11(16(21)22)27-19-13(9)14(15(34-19)17(25)32)28-18(33)12-4-5-26-31(12)20(23)24/h4-7,16,20H,3H2,1-2H3,(H2,25,32)(H,28,33). The Bertz CT molecular complexity index is 1410. The summed E-state index contributed by atoms with van der Waals surface area (Å²) in [6, 6.07) is 2.22. The number of hydrogen-bond acceptors (Lipinski definition) is 6. The van der Waals surface area contributed by atoms with Gasteiger partial charge in [-0.05, 0) is 31.5 Å². The summed E-state index contributed by atoms with van der Waals surface area (Å²) in [5.41, 5.74) is 5.56. The smallest absolute Gasteiger partial charge is 0.333 e. The summed E-state index contributed by atoms with van der Waals surface area (Å²) in [5, 5.41) is 10.3. The molecule has 0 atom stereocenters. The van der Waals surface area contributed by atoms with Gasteiger partial charge in [0.25, 0.3) is 18.2 Å². The highest BCUT2D eigenvalue weighted by atomic mass is 32.1.